The van der Waals surface area contributed by atoms with E-state index in [0.29, 0.717) is 18.0 Å². The zero-order chi connectivity index (χ0) is 15.6. The van der Waals surface area contributed by atoms with Gasteiger partial charge in [0.25, 0.3) is 0 Å². The highest BCUT2D eigenvalue weighted by atomic mass is 35.5. The minimum atomic E-state index is 0.286. The summed E-state index contributed by atoms with van der Waals surface area (Å²) in [5.74, 6) is 0. The lowest BCUT2D eigenvalue weighted by Gasteiger charge is -2.42. The maximum atomic E-state index is 6.10. The van der Waals surface area contributed by atoms with Crippen LogP contribution in [0.4, 0.5) is 0 Å². The first kappa shape index (κ1) is 16.8. The van der Waals surface area contributed by atoms with E-state index in [0.717, 1.165) is 5.02 Å². The van der Waals surface area contributed by atoms with Crippen LogP contribution in [0.15, 0.2) is 18.2 Å². The lowest BCUT2D eigenvalue weighted by atomic mass is 9.75. The van der Waals surface area contributed by atoms with Gasteiger partial charge in [-0.3, -0.25) is 4.90 Å². The Morgan fingerprint density at radius 2 is 1.95 bits per heavy atom. The van der Waals surface area contributed by atoms with Gasteiger partial charge in [0.15, 0.2) is 0 Å². The molecule has 0 spiro atoms. The molecule has 0 aliphatic heterocycles. The van der Waals surface area contributed by atoms with Crippen LogP contribution < -0.4 is 5.73 Å². The number of nitrogens with zero attached hydrogens (tertiary/aromatic N) is 1. The van der Waals surface area contributed by atoms with Crippen LogP contribution in [0.25, 0.3) is 0 Å². The van der Waals surface area contributed by atoms with E-state index in [1.165, 1.54) is 36.8 Å². The summed E-state index contributed by atoms with van der Waals surface area (Å²) >= 11 is 6.08. The second kappa shape index (κ2) is 6.68. The Morgan fingerprint density at radius 1 is 1.33 bits per heavy atom. The average Bonchev–Trinajstić information content (AvgIpc) is 2.41. The van der Waals surface area contributed by atoms with Gasteiger partial charge in [-0.2, -0.15) is 0 Å². The van der Waals surface area contributed by atoms with E-state index in [-0.39, 0.29) is 6.04 Å². The summed E-state index contributed by atoms with van der Waals surface area (Å²) in [5.41, 5.74) is 9.15. The Hall–Kier alpha value is -0.570. The standard InChI is InChI=1S/C18H29ClN2/c1-13-11-14(19)5-6-16(13)17(12-20)21(4)15-7-9-18(2,3)10-8-15/h5-6,11,15,17H,7-10,12,20H2,1-4H3. The molecule has 1 aromatic rings. The third kappa shape index (κ3) is 4.00. The van der Waals surface area contributed by atoms with Crippen molar-refractivity contribution in [3.05, 3.63) is 34.3 Å². The molecule has 0 radical (unpaired) electrons. The molecule has 2 rings (SSSR count). The summed E-state index contributed by atoms with van der Waals surface area (Å²) in [6.45, 7) is 7.54. The van der Waals surface area contributed by atoms with Crippen LogP contribution in [0, 0.1) is 12.3 Å². The van der Waals surface area contributed by atoms with Crippen LogP contribution in [-0.4, -0.2) is 24.5 Å². The molecule has 0 bridgehead atoms. The predicted molar refractivity (Wildman–Crippen MR) is 91.8 cm³/mol. The summed E-state index contributed by atoms with van der Waals surface area (Å²) in [7, 11) is 2.23. The molecule has 0 aromatic heterocycles. The average molecular weight is 309 g/mol. The number of aryl methyl sites for hydroxylation is 1. The highest BCUT2D eigenvalue weighted by Gasteiger charge is 2.31. The lowest BCUT2D eigenvalue weighted by Crippen LogP contribution is -2.42. The first-order valence-electron chi connectivity index (χ1n) is 8.02. The van der Waals surface area contributed by atoms with Gasteiger partial charge in [-0.05, 0) is 68.3 Å². The van der Waals surface area contributed by atoms with Crippen LogP contribution >= 0.6 is 11.6 Å². The monoisotopic (exact) mass is 308 g/mol. The van der Waals surface area contributed by atoms with Crippen LogP contribution in [0.5, 0.6) is 0 Å². The lowest BCUT2D eigenvalue weighted by molar-refractivity contribution is 0.0964. The van der Waals surface area contributed by atoms with E-state index in [4.69, 9.17) is 17.3 Å². The van der Waals surface area contributed by atoms with Crippen molar-refractivity contribution in [2.24, 2.45) is 11.1 Å². The molecule has 2 nitrogen and oxygen atoms in total. The largest absolute Gasteiger partial charge is 0.329 e. The quantitative estimate of drug-likeness (QED) is 0.884. The maximum Gasteiger partial charge on any atom is 0.0472 e. The number of hydrogen-bond donors (Lipinski definition) is 1. The van der Waals surface area contributed by atoms with Crippen molar-refractivity contribution in [3.8, 4) is 0 Å². The molecule has 1 atom stereocenters. The van der Waals surface area contributed by atoms with Gasteiger partial charge in [-0.1, -0.05) is 31.5 Å². The van der Waals surface area contributed by atoms with Gasteiger partial charge in [0.2, 0.25) is 0 Å². The van der Waals surface area contributed by atoms with Crippen LogP contribution in [0.1, 0.15) is 56.7 Å². The maximum absolute atomic E-state index is 6.10. The molecule has 0 saturated heterocycles. The van der Waals surface area contributed by atoms with E-state index in [2.05, 4.69) is 38.8 Å². The van der Waals surface area contributed by atoms with Crippen molar-refractivity contribution in [2.75, 3.05) is 13.6 Å². The SMILES string of the molecule is Cc1cc(Cl)ccc1C(CN)N(C)C1CCC(C)(C)CC1. The van der Waals surface area contributed by atoms with Gasteiger partial charge in [0, 0.05) is 23.7 Å². The first-order chi connectivity index (χ1) is 9.84. The van der Waals surface area contributed by atoms with Crippen molar-refractivity contribution in [2.45, 2.75) is 58.5 Å². The Bertz CT molecular complexity index is 474. The van der Waals surface area contributed by atoms with Crippen molar-refractivity contribution in [1.82, 2.24) is 4.90 Å². The topological polar surface area (TPSA) is 29.3 Å². The molecular formula is C18H29ClN2. The fourth-order valence-corrected chi connectivity index (χ4v) is 3.80. The summed E-state index contributed by atoms with van der Waals surface area (Å²) in [6.07, 6.45) is 5.15. The van der Waals surface area contributed by atoms with Gasteiger partial charge in [-0.15, -0.1) is 0 Å². The normalized spacial score (nSPS) is 20.7. The third-order valence-electron chi connectivity index (χ3n) is 5.19. The highest BCUT2D eigenvalue weighted by Crippen LogP contribution is 2.38. The van der Waals surface area contributed by atoms with Crippen molar-refractivity contribution in [3.63, 3.8) is 0 Å². The van der Waals surface area contributed by atoms with Crippen molar-refractivity contribution < 1.29 is 0 Å². The Balaban J connectivity index is 2.13. The number of benzene rings is 1. The van der Waals surface area contributed by atoms with E-state index < -0.39 is 0 Å². The first-order valence-corrected chi connectivity index (χ1v) is 8.40. The number of rotatable bonds is 4. The number of halogens is 1. The Labute approximate surface area is 134 Å². The van der Waals surface area contributed by atoms with Crippen LogP contribution in [-0.2, 0) is 0 Å². The Kier molecular flexibility index (Phi) is 5.34. The molecule has 118 valence electrons. The molecule has 3 heteroatoms. The van der Waals surface area contributed by atoms with Gasteiger partial charge >= 0.3 is 0 Å². The van der Waals surface area contributed by atoms with E-state index >= 15 is 0 Å². The number of nitrogens with two attached hydrogens (primary N) is 1. The second-order valence-electron chi connectivity index (χ2n) is 7.31. The zero-order valence-electron chi connectivity index (χ0n) is 13.8. The molecule has 1 unspecified atom stereocenters. The van der Waals surface area contributed by atoms with Crippen molar-refractivity contribution in [1.29, 1.82) is 0 Å². The van der Waals surface area contributed by atoms with Crippen molar-refractivity contribution >= 4 is 11.6 Å². The fraction of sp³-hybridized carbons (Fsp3) is 0.667. The van der Waals surface area contributed by atoms with Gasteiger partial charge in [0.05, 0.1) is 0 Å². The molecule has 2 N–H and O–H groups in total. The highest BCUT2D eigenvalue weighted by molar-refractivity contribution is 6.30. The smallest absolute Gasteiger partial charge is 0.0472 e. The van der Waals surface area contributed by atoms with Gasteiger partial charge in [0.1, 0.15) is 0 Å². The molecule has 1 fully saturated rings. The molecule has 21 heavy (non-hydrogen) atoms. The molecule has 1 aliphatic carbocycles. The molecular weight excluding hydrogens is 280 g/mol. The van der Waals surface area contributed by atoms with E-state index in [1.54, 1.807) is 0 Å². The minimum absolute atomic E-state index is 0.286. The fourth-order valence-electron chi connectivity index (χ4n) is 3.57. The molecule has 1 aliphatic rings. The molecule has 0 heterocycles. The minimum Gasteiger partial charge on any atom is -0.329 e. The number of likely N-dealkylation sites (N-methyl/N-ethyl adjacent to an activating group) is 1. The molecule has 0 amide bonds. The predicted octanol–water partition coefficient (Wildman–Crippen LogP) is 4.55. The summed E-state index contributed by atoms with van der Waals surface area (Å²) in [6, 6.07) is 7.08. The summed E-state index contributed by atoms with van der Waals surface area (Å²) in [4.78, 5) is 2.49. The third-order valence-corrected chi connectivity index (χ3v) is 5.43. The van der Waals surface area contributed by atoms with Gasteiger partial charge in [-0.25, -0.2) is 0 Å². The van der Waals surface area contributed by atoms with Gasteiger partial charge < -0.3 is 5.73 Å². The molecule has 1 saturated carbocycles. The van der Waals surface area contributed by atoms with E-state index in [1.807, 2.05) is 12.1 Å². The second-order valence-corrected chi connectivity index (χ2v) is 7.75. The molecule has 1 aromatic carbocycles. The summed E-state index contributed by atoms with van der Waals surface area (Å²) < 4.78 is 0. The summed E-state index contributed by atoms with van der Waals surface area (Å²) in [5, 5.41) is 0.800. The number of hydrogen-bond acceptors (Lipinski definition) is 2. The van der Waals surface area contributed by atoms with Crippen LogP contribution in [0.2, 0.25) is 5.02 Å². The zero-order valence-corrected chi connectivity index (χ0v) is 14.6. The van der Waals surface area contributed by atoms with Crippen LogP contribution in [0.3, 0.4) is 0 Å². The van der Waals surface area contributed by atoms with E-state index in [9.17, 15) is 0 Å². The Morgan fingerprint density at radius 3 is 2.48 bits per heavy atom.